The number of rotatable bonds is 5. The minimum absolute atomic E-state index is 0.0850. The molecule has 0 aliphatic heterocycles. The number of phenols is 1. The normalized spacial score (nSPS) is 12.6. The summed E-state index contributed by atoms with van der Waals surface area (Å²) in [5.74, 6) is -0.0406. The average Bonchev–Trinajstić information content (AvgIpc) is 2.95. The molecule has 5 heteroatoms. The largest absolute Gasteiger partial charge is 0.508 e. The number of carbonyl (C=O) groups is 1. The van der Waals surface area contributed by atoms with Crippen LogP contribution in [0.1, 0.15) is 41.5 Å². The second-order valence-corrected chi connectivity index (χ2v) is 8.47. The first-order valence-electron chi connectivity index (χ1n) is 8.88. The van der Waals surface area contributed by atoms with E-state index in [9.17, 15) is 9.90 Å². The summed E-state index contributed by atoms with van der Waals surface area (Å²) < 4.78 is 0. The van der Waals surface area contributed by atoms with Gasteiger partial charge in [0.25, 0.3) is 0 Å². The molecule has 0 radical (unpaired) electrons. The summed E-state index contributed by atoms with van der Waals surface area (Å²) >= 11 is 1.49. The molecule has 2 aromatic carbocycles. The number of anilines is 1. The summed E-state index contributed by atoms with van der Waals surface area (Å²) in [6, 6.07) is 17.0. The fourth-order valence-electron chi connectivity index (χ4n) is 3.25. The van der Waals surface area contributed by atoms with Crippen molar-refractivity contribution in [1.82, 2.24) is 4.98 Å². The Bertz CT molecular complexity index is 911. The fraction of sp³-hybridized carbons (Fsp3) is 0.273. The molecule has 0 aliphatic carbocycles. The Balaban J connectivity index is 1.98. The maximum Gasteiger partial charge on any atom is 0.232 e. The summed E-state index contributed by atoms with van der Waals surface area (Å²) in [5, 5.41) is 13.3. The van der Waals surface area contributed by atoms with Crippen LogP contribution in [0.4, 0.5) is 5.13 Å². The van der Waals surface area contributed by atoms with E-state index in [2.05, 4.69) is 10.3 Å². The molecule has 0 fully saturated rings. The Morgan fingerprint density at radius 2 is 1.63 bits per heavy atom. The number of phenolic OH excluding ortho intramolecular Hbond substituents is 1. The molecular weight excluding hydrogens is 356 g/mol. The number of aryl methyl sites for hydroxylation is 2. The molecule has 0 spiro atoms. The Labute approximate surface area is 163 Å². The number of carbonyl (C=O) groups excluding carboxylic acids is 1. The number of aromatic nitrogens is 1. The average molecular weight is 381 g/mol. The summed E-state index contributed by atoms with van der Waals surface area (Å²) in [6.45, 7) is 7.83. The molecule has 1 amide bonds. The SMILES string of the molecule is Cc1nc(NC(=O)C(C)(C)C(c2ccccc2)c2ccc(O)cc2)sc1C. The number of amides is 1. The Morgan fingerprint density at radius 3 is 2.19 bits per heavy atom. The highest BCUT2D eigenvalue weighted by Crippen LogP contribution is 2.42. The van der Waals surface area contributed by atoms with Crippen molar-refractivity contribution in [3.8, 4) is 5.75 Å². The molecule has 140 valence electrons. The van der Waals surface area contributed by atoms with E-state index in [4.69, 9.17) is 0 Å². The first-order chi connectivity index (χ1) is 12.8. The number of nitrogens with one attached hydrogen (secondary N) is 1. The van der Waals surface area contributed by atoms with E-state index in [0.717, 1.165) is 21.7 Å². The van der Waals surface area contributed by atoms with E-state index in [1.165, 1.54) is 11.3 Å². The van der Waals surface area contributed by atoms with Gasteiger partial charge in [-0.3, -0.25) is 4.79 Å². The van der Waals surface area contributed by atoms with Gasteiger partial charge in [-0.15, -0.1) is 11.3 Å². The van der Waals surface area contributed by atoms with Crippen LogP contribution in [0, 0.1) is 19.3 Å². The third kappa shape index (κ3) is 4.03. The van der Waals surface area contributed by atoms with Crippen molar-refractivity contribution in [3.05, 3.63) is 76.3 Å². The zero-order valence-electron chi connectivity index (χ0n) is 16.0. The van der Waals surface area contributed by atoms with E-state index in [1.807, 2.05) is 70.2 Å². The van der Waals surface area contributed by atoms with E-state index >= 15 is 0 Å². The van der Waals surface area contributed by atoms with Crippen molar-refractivity contribution in [2.75, 3.05) is 5.32 Å². The van der Waals surface area contributed by atoms with Gasteiger partial charge in [0.2, 0.25) is 5.91 Å². The van der Waals surface area contributed by atoms with E-state index in [-0.39, 0.29) is 17.6 Å². The first-order valence-corrected chi connectivity index (χ1v) is 9.70. The molecule has 27 heavy (non-hydrogen) atoms. The molecule has 2 N–H and O–H groups in total. The molecular formula is C22H24N2O2S. The zero-order chi connectivity index (χ0) is 19.6. The van der Waals surface area contributed by atoms with Gasteiger partial charge >= 0.3 is 0 Å². The molecule has 0 saturated carbocycles. The topological polar surface area (TPSA) is 62.2 Å². The van der Waals surface area contributed by atoms with Crippen LogP contribution in [0.15, 0.2) is 54.6 Å². The van der Waals surface area contributed by atoms with Gasteiger partial charge in [0.15, 0.2) is 5.13 Å². The Kier molecular flexibility index (Phi) is 5.33. The maximum absolute atomic E-state index is 13.2. The van der Waals surface area contributed by atoms with Crippen molar-refractivity contribution in [1.29, 1.82) is 0 Å². The van der Waals surface area contributed by atoms with Crippen LogP contribution in [0.3, 0.4) is 0 Å². The predicted molar refractivity (Wildman–Crippen MR) is 110 cm³/mol. The molecule has 1 heterocycles. The minimum atomic E-state index is -0.730. The number of benzene rings is 2. The van der Waals surface area contributed by atoms with E-state index in [0.29, 0.717) is 5.13 Å². The van der Waals surface area contributed by atoms with Crippen molar-refractivity contribution >= 4 is 22.4 Å². The third-order valence-corrected chi connectivity index (χ3v) is 5.90. The van der Waals surface area contributed by atoms with E-state index < -0.39 is 5.41 Å². The second kappa shape index (κ2) is 7.53. The summed E-state index contributed by atoms with van der Waals surface area (Å²) in [4.78, 5) is 18.7. The van der Waals surface area contributed by atoms with Crippen LogP contribution in [-0.2, 0) is 4.79 Å². The molecule has 0 aliphatic rings. The number of hydrogen-bond acceptors (Lipinski definition) is 4. The molecule has 0 bridgehead atoms. The Morgan fingerprint density at radius 1 is 1.04 bits per heavy atom. The molecule has 1 unspecified atom stereocenters. The highest BCUT2D eigenvalue weighted by Gasteiger charge is 2.39. The molecule has 1 atom stereocenters. The standard InChI is InChI=1S/C22H24N2O2S/c1-14-15(2)27-21(23-14)24-20(26)22(3,4)19(16-8-6-5-7-9-16)17-10-12-18(25)13-11-17/h5-13,19,25H,1-4H3,(H,23,24,26). The van der Waals surface area contributed by atoms with Crippen LogP contribution < -0.4 is 5.32 Å². The van der Waals surface area contributed by atoms with Crippen LogP contribution in [-0.4, -0.2) is 16.0 Å². The van der Waals surface area contributed by atoms with Gasteiger partial charge in [-0.1, -0.05) is 56.3 Å². The van der Waals surface area contributed by atoms with Gasteiger partial charge in [0.05, 0.1) is 11.1 Å². The zero-order valence-corrected chi connectivity index (χ0v) is 16.8. The van der Waals surface area contributed by atoms with Crippen molar-refractivity contribution in [2.45, 2.75) is 33.6 Å². The summed E-state index contributed by atoms with van der Waals surface area (Å²) in [7, 11) is 0. The molecule has 0 saturated heterocycles. The van der Waals surface area contributed by atoms with Gasteiger partial charge < -0.3 is 10.4 Å². The number of thiazole rings is 1. The van der Waals surface area contributed by atoms with E-state index in [1.54, 1.807) is 12.1 Å². The Hall–Kier alpha value is -2.66. The minimum Gasteiger partial charge on any atom is -0.508 e. The monoisotopic (exact) mass is 380 g/mol. The van der Waals surface area contributed by atoms with Crippen LogP contribution in [0.2, 0.25) is 0 Å². The lowest BCUT2D eigenvalue weighted by Crippen LogP contribution is -2.37. The first kappa shape index (κ1) is 19.1. The molecule has 3 aromatic rings. The lowest BCUT2D eigenvalue weighted by atomic mass is 9.70. The summed E-state index contributed by atoms with van der Waals surface area (Å²) in [6.07, 6.45) is 0. The van der Waals surface area contributed by atoms with Crippen molar-refractivity contribution < 1.29 is 9.90 Å². The van der Waals surface area contributed by atoms with Crippen molar-refractivity contribution in [3.63, 3.8) is 0 Å². The lowest BCUT2D eigenvalue weighted by Gasteiger charge is -2.33. The van der Waals surface area contributed by atoms with Crippen LogP contribution in [0.5, 0.6) is 5.75 Å². The smallest absolute Gasteiger partial charge is 0.232 e. The number of nitrogens with zero attached hydrogens (tertiary/aromatic N) is 1. The van der Waals surface area contributed by atoms with Gasteiger partial charge in [0.1, 0.15) is 5.75 Å². The fourth-order valence-corrected chi connectivity index (χ4v) is 4.06. The van der Waals surface area contributed by atoms with Crippen LogP contribution >= 0.6 is 11.3 Å². The van der Waals surface area contributed by atoms with Gasteiger partial charge in [-0.25, -0.2) is 4.98 Å². The highest BCUT2D eigenvalue weighted by molar-refractivity contribution is 7.15. The molecule has 4 nitrogen and oxygen atoms in total. The quantitative estimate of drug-likeness (QED) is 0.634. The number of aromatic hydroxyl groups is 1. The second-order valence-electron chi connectivity index (χ2n) is 7.27. The van der Waals surface area contributed by atoms with Gasteiger partial charge in [0, 0.05) is 10.8 Å². The highest BCUT2D eigenvalue weighted by atomic mass is 32.1. The lowest BCUT2D eigenvalue weighted by molar-refractivity contribution is -0.124. The van der Waals surface area contributed by atoms with Crippen molar-refractivity contribution in [2.24, 2.45) is 5.41 Å². The predicted octanol–water partition coefficient (Wildman–Crippen LogP) is 5.26. The van der Waals surface area contributed by atoms with Gasteiger partial charge in [-0.2, -0.15) is 0 Å². The third-order valence-electron chi connectivity index (χ3n) is 4.92. The number of hydrogen-bond donors (Lipinski definition) is 2. The maximum atomic E-state index is 13.2. The molecule has 3 rings (SSSR count). The van der Waals surface area contributed by atoms with Gasteiger partial charge in [-0.05, 0) is 37.1 Å². The van der Waals surface area contributed by atoms with Crippen LogP contribution in [0.25, 0.3) is 0 Å². The molecule has 1 aromatic heterocycles. The summed E-state index contributed by atoms with van der Waals surface area (Å²) in [5.41, 5.74) is 2.23.